The van der Waals surface area contributed by atoms with E-state index in [1.54, 1.807) is 19.2 Å². The maximum absolute atomic E-state index is 11.9. The van der Waals surface area contributed by atoms with E-state index in [0.29, 0.717) is 29.1 Å². The van der Waals surface area contributed by atoms with Gasteiger partial charge in [0, 0.05) is 6.54 Å². The number of hydrogen-bond donors (Lipinski definition) is 2. The third-order valence-electron chi connectivity index (χ3n) is 3.74. The number of aromatic nitrogens is 1. The van der Waals surface area contributed by atoms with Crippen LogP contribution in [-0.2, 0) is 4.74 Å². The van der Waals surface area contributed by atoms with Crippen molar-refractivity contribution in [2.24, 2.45) is 5.41 Å². The Kier molecular flexibility index (Phi) is 3.93. The Bertz CT molecular complexity index is 470. The van der Waals surface area contributed by atoms with E-state index in [1.165, 1.54) is 12.8 Å². The number of rotatable bonds is 6. The van der Waals surface area contributed by atoms with Crippen LogP contribution in [0.5, 0.6) is 0 Å². The first-order chi connectivity index (χ1) is 9.10. The minimum Gasteiger partial charge on any atom is -0.462 e. The van der Waals surface area contributed by atoms with Crippen LogP contribution >= 0.6 is 0 Å². The molecule has 0 radical (unpaired) electrons. The predicted octanol–water partition coefficient (Wildman–Crippen LogP) is 2.44. The van der Waals surface area contributed by atoms with E-state index in [9.17, 15) is 4.79 Å². The summed E-state index contributed by atoms with van der Waals surface area (Å²) in [6, 6.07) is 1.61. The van der Waals surface area contributed by atoms with Crippen LogP contribution in [0.4, 0.5) is 11.5 Å². The molecule has 19 heavy (non-hydrogen) atoms. The molecular weight excluding hydrogens is 242 g/mol. The highest BCUT2D eigenvalue weighted by Gasteiger charge is 2.40. The molecule has 104 valence electrons. The Labute approximate surface area is 113 Å². The van der Waals surface area contributed by atoms with Gasteiger partial charge in [-0.1, -0.05) is 6.92 Å². The summed E-state index contributed by atoms with van der Waals surface area (Å²) in [6.07, 6.45) is 5.17. The molecule has 0 atom stereocenters. The number of pyridine rings is 1. The summed E-state index contributed by atoms with van der Waals surface area (Å²) in [4.78, 5) is 16.1. The van der Waals surface area contributed by atoms with E-state index in [4.69, 9.17) is 10.5 Å². The van der Waals surface area contributed by atoms with Crippen LogP contribution < -0.4 is 11.1 Å². The molecule has 1 saturated carbocycles. The zero-order valence-electron chi connectivity index (χ0n) is 11.5. The van der Waals surface area contributed by atoms with Gasteiger partial charge in [0.15, 0.2) is 0 Å². The average molecular weight is 263 g/mol. The molecule has 1 aromatic heterocycles. The van der Waals surface area contributed by atoms with Gasteiger partial charge >= 0.3 is 5.97 Å². The van der Waals surface area contributed by atoms with Gasteiger partial charge in [-0.15, -0.1) is 0 Å². The van der Waals surface area contributed by atoms with E-state index < -0.39 is 0 Å². The summed E-state index contributed by atoms with van der Waals surface area (Å²) in [5, 5.41) is 3.27. The molecule has 1 heterocycles. The fourth-order valence-corrected chi connectivity index (χ4v) is 2.09. The second-order valence-corrected chi connectivity index (χ2v) is 5.09. The van der Waals surface area contributed by atoms with E-state index in [-0.39, 0.29) is 5.97 Å². The molecular formula is C14H21N3O2. The van der Waals surface area contributed by atoms with E-state index in [0.717, 1.165) is 13.0 Å². The molecule has 0 aliphatic heterocycles. The average Bonchev–Trinajstić information content (AvgIpc) is 3.18. The molecule has 1 aromatic rings. The van der Waals surface area contributed by atoms with Gasteiger partial charge in [-0.25, -0.2) is 9.78 Å². The lowest BCUT2D eigenvalue weighted by molar-refractivity contribution is 0.0527. The molecule has 2 rings (SSSR count). The molecule has 0 amide bonds. The van der Waals surface area contributed by atoms with Gasteiger partial charge in [0.25, 0.3) is 0 Å². The van der Waals surface area contributed by atoms with Gasteiger partial charge in [0.1, 0.15) is 11.4 Å². The molecule has 0 spiro atoms. The van der Waals surface area contributed by atoms with Crippen molar-refractivity contribution in [2.45, 2.75) is 33.1 Å². The Morgan fingerprint density at radius 1 is 1.53 bits per heavy atom. The highest BCUT2D eigenvalue weighted by atomic mass is 16.5. The SMILES string of the molecule is CCOC(=O)c1cc(N)cnc1NCC1(CC)CC1. The zero-order chi connectivity index (χ0) is 13.9. The monoisotopic (exact) mass is 263 g/mol. The lowest BCUT2D eigenvalue weighted by atomic mass is 10.0. The first-order valence-electron chi connectivity index (χ1n) is 6.77. The highest BCUT2D eigenvalue weighted by molar-refractivity contribution is 5.95. The fourth-order valence-electron chi connectivity index (χ4n) is 2.09. The van der Waals surface area contributed by atoms with Gasteiger partial charge in [0.2, 0.25) is 0 Å². The van der Waals surface area contributed by atoms with E-state index >= 15 is 0 Å². The van der Waals surface area contributed by atoms with E-state index in [2.05, 4.69) is 17.2 Å². The number of nitrogens with one attached hydrogen (secondary N) is 1. The van der Waals surface area contributed by atoms with Gasteiger partial charge < -0.3 is 15.8 Å². The summed E-state index contributed by atoms with van der Waals surface area (Å²) in [7, 11) is 0. The Morgan fingerprint density at radius 2 is 2.26 bits per heavy atom. The second kappa shape index (κ2) is 5.47. The molecule has 1 aliphatic rings. The van der Waals surface area contributed by atoms with Crippen molar-refractivity contribution >= 4 is 17.5 Å². The van der Waals surface area contributed by atoms with Crippen molar-refractivity contribution in [3.63, 3.8) is 0 Å². The fraction of sp³-hybridized carbons (Fsp3) is 0.571. The van der Waals surface area contributed by atoms with Crippen molar-refractivity contribution in [2.75, 3.05) is 24.2 Å². The van der Waals surface area contributed by atoms with Crippen LogP contribution in [0, 0.1) is 5.41 Å². The number of esters is 1. The number of nitrogens with two attached hydrogens (primary N) is 1. The number of ether oxygens (including phenoxy) is 1. The highest BCUT2D eigenvalue weighted by Crippen LogP contribution is 2.48. The van der Waals surface area contributed by atoms with Gasteiger partial charge in [-0.05, 0) is 37.7 Å². The van der Waals surface area contributed by atoms with Crippen LogP contribution in [0.3, 0.4) is 0 Å². The van der Waals surface area contributed by atoms with Crippen LogP contribution in [-0.4, -0.2) is 24.1 Å². The van der Waals surface area contributed by atoms with Crippen LogP contribution in [0.2, 0.25) is 0 Å². The van der Waals surface area contributed by atoms with Gasteiger partial charge in [0.05, 0.1) is 18.5 Å². The van der Waals surface area contributed by atoms with Crippen molar-refractivity contribution in [1.82, 2.24) is 4.98 Å². The van der Waals surface area contributed by atoms with Crippen molar-refractivity contribution in [1.29, 1.82) is 0 Å². The minimum atomic E-state index is -0.383. The van der Waals surface area contributed by atoms with Crippen molar-refractivity contribution in [3.8, 4) is 0 Å². The molecule has 3 N–H and O–H groups in total. The molecule has 0 saturated heterocycles. The third-order valence-corrected chi connectivity index (χ3v) is 3.74. The molecule has 5 heteroatoms. The molecule has 0 unspecified atom stereocenters. The minimum absolute atomic E-state index is 0.339. The maximum Gasteiger partial charge on any atom is 0.341 e. The number of carbonyl (C=O) groups excluding carboxylic acids is 1. The summed E-state index contributed by atoms with van der Waals surface area (Å²) >= 11 is 0. The summed E-state index contributed by atoms with van der Waals surface area (Å²) in [5.74, 6) is 0.179. The van der Waals surface area contributed by atoms with Crippen LogP contribution in [0.15, 0.2) is 12.3 Å². The zero-order valence-corrected chi connectivity index (χ0v) is 11.5. The molecule has 1 aliphatic carbocycles. The Morgan fingerprint density at radius 3 is 2.84 bits per heavy atom. The summed E-state index contributed by atoms with van der Waals surface area (Å²) < 4.78 is 5.02. The van der Waals surface area contributed by atoms with Crippen molar-refractivity contribution in [3.05, 3.63) is 17.8 Å². The van der Waals surface area contributed by atoms with Gasteiger partial charge in [-0.2, -0.15) is 0 Å². The standard InChI is InChI=1S/C14H21N3O2/c1-3-14(5-6-14)9-17-12-11(13(18)19-4-2)7-10(15)8-16-12/h7-8H,3-6,9,15H2,1-2H3,(H,16,17). The Hall–Kier alpha value is -1.78. The lowest BCUT2D eigenvalue weighted by Gasteiger charge is -2.16. The molecule has 5 nitrogen and oxygen atoms in total. The number of nitrogens with zero attached hydrogens (tertiary/aromatic N) is 1. The van der Waals surface area contributed by atoms with E-state index in [1.807, 2.05) is 0 Å². The quantitative estimate of drug-likeness (QED) is 0.771. The first kappa shape index (κ1) is 13.6. The summed E-state index contributed by atoms with van der Waals surface area (Å²) in [6.45, 7) is 5.15. The van der Waals surface area contributed by atoms with Crippen LogP contribution in [0.1, 0.15) is 43.5 Å². The normalized spacial score (nSPS) is 15.9. The van der Waals surface area contributed by atoms with Crippen molar-refractivity contribution < 1.29 is 9.53 Å². The smallest absolute Gasteiger partial charge is 0.341 e. The summed E-state index contributed by atoms with van der Waals surface area (Å²) in [5.41, 5.74) is 6.94. The molecule has 0 bridgehead atoms. The third kappa shape index (κ3) is 3.16. The number of hydrogen-bond acceptors (Lipinski definition) is 5. The lowest BCUT2D eigenvalue weighted by Crippen LogP contribution is -2.18. The maximum atomic E-state index is 11.9. The predicted molar refractivity (Wildman–Crippen MR) is 75.1 cm³/mol. The van der Waals surface area contributed by atoms with Crippen LogP contribution in [0.25, 0.3) is 0 Å². The topological polar surface area (TPSA) is 77.2 Å². The number of carbonyl (C=O) groups is 1. The largest absolute Gasteiger partial charge is 0.462 e. The van der Waals surface area contributed by atoms with Gasteiger partial charge in [-0.3, -0.25) is 0 Å². The first-order valence-corrected chi connectivity index (χ1v) is 6.77. The number of anilines is 2. The number of nitrogen functional groups attached to an aromatic ring is 1. The Balaban J connectivity index is 2.12. The molecule has 1 fully saturated rings. The molecule has 0 aromatic carbocycles. The second-order valence-electron chi connectivity index (χ2n) is 5.09.